The Morgan fingerprint density at radius 2 is 2.00 bits per heavy atom. The quantitative estimate of drug-likeness (QED) is 0.778. The number of nitrogens with zero attached hydrogens (tertiary/aromatic N) is 1. The molecule has 1 heterocycles. The molecule has 19 heavy (non-hydrogen) atoms. The van der Waals surface area contributed by atoms with Crippen LogP contribution in [0.15, 0.2) is 42.5 Å². The van der Waals surface area contributed by atoms with Crippen LogP contribution in [0.5, 0.6) is 0 Å². The van der Waals surface area contributed by atoms with Crippen molar-refractivity contribution in [2.24, 2.45) is 5.73 Å². The Morgan fingerprint density at radius 3 is 2.74 bits per heavy atom. The maximum Gasteiger partial charge on any atom is 0.248 e. The molecule has 94 valence electrons. The van der Waals surface area contributed by atoms with Gasteiger partial charge in [-0.2, -0.15) is 0 Å². The van der Waals surface area contributed by atoms with Gasteiger partial charge in [0.1, 0.15) is 10.8 Å². The number of benzene rings is 2. The summed E-state index contributed by atoms with van der Waals surface area (Å²) in [6, 6.07) is 11.5. The topological polar surface area (TPSA) is 56.0 Å². The predicted molar refractivity (Wildman–Crippen MR) is 73.5 cm³/mol. The van der Waals surface area contributed by atoms with Crippen molar-refractivity contribution in [1.82, 2.24) is 4.98 Å². The van der Waals surface area contributed by atoms with E-state index in [-0.39, 0.29) is 5.82 Å². The van der Waals surface area contributed by atoms with E-state index in [2.05, 4.69) is 4.98 Å². The minimum Gasteiger partial charge on any atom is -0.366 e. The number of rotatable bonds is 2. The zero-order valence-electron chi connectivity index (χ0n) is 9.76. The molecular formula is C14H9FN2OS. The molecule has 0 saturated carbocycles. The molecule has 5 heteroatoms. The van der Waals surface area contributed by atoms with Crippen molar-refractivity contribution >= 4 is 27.5 Å². The zero-order valence-corrected chi connectivity index (χ0v) is 10.6. The van der Waals surface area contributed by atoms with Crippen molar-refractivity contribution in [1.29, 1.82) is 0 Å². The van der Waals surface area contributed by atoms with E-state index in [0.29, 0.717) is 16.1 Å². The van der Waals surface area contributed by atoms with Gasteiger partial charge in [-0.05, 0) is 30.3 Å². The maximum atomic E-state index is 13.7. The first-order valence-electron chi connectivity index (χ1n) is 5.60. The number of halogens is 1. The molecule has 1 aromatic heterocycles. The van der Waals surface area contributed by atoms with Crippen LogP contribution in [0, 0.1) is 5.82 Å². The summed E-state index contributed by atoms with van der Waals surface area (Å²) in [4.78, 5) is 15.5. The molecule has 0 fully saturated rings. The molecule has 3 aromatic rings. The molecule has 0 aliphatic rings. The van der Waals surface area contributed by atoms with Gasteiger partial charge in [0.2, 0.25) is 5.91 Å². The fourth-order valence-corrected chi connectivity index (χ4v) is 2.86. The molecule has 1 amide bonds. The van der Waals surface area contributed by atoms with Gasteiger partial charge in [0.05, 0.1) is 10.2 Å². The van der Waals surface area contributed by atoms with Crippen LogP contribution in [0.4, 0.5) is 4.39 Å². The Bertz CT molecular complexity index is 782. The predicted octanol–water partition coefficient (Wildman–Crippen LogP) is 3.20. The minimum atomic E-state index is -0.484. The van der Waals surface area contributed by atoms with Crippen LogP contribution < -0.4 is 5.73 Å². The van der Waals surface area contributed by atoms with E-state index in [1.54, 1.807) is 36.4 Å². The molecule has 0 spiro atoms. The summed E-state index contributed by atoms with van der Waals surface area (Å²) in [7, 11) is 0. The van der Waals surface area contributed by atoms with Gasteiger partial charge in [-0.25, -0.2) is 9.37 Å². The van der Waals surface area contributed by atoms with Crippen LogP contribution in [-0.4, -0.2) is 10.9 Å². The van der Waals surface area contributed by atoms with E-state index in [0.717, 1.165) is 10.2 Å². The SMILES string of the molecule is NC(=O)c1ccc2nc(-c3ccccc3F)sc2c1. The third-order valence-corrected chi connectivity index (χ3v) is 3.83. The zero-order chi connectivity index (χ0) is 13.4. The van der Waals surface area contributed by atoms with E-state index >= 15 is 0 Å². The lowest BCUT2D eigenvalue weighted by Gasteiger charge is -1.96. The minimum absolute atomic E-state index is 0.309. The Labute approximate surface area is 112 Å². The van der Waals surface area contributed by atoms with Gasteiger partial charge in [0, 0.05) is 11.1 Å². The van der Waals surface area contributed by atoms with Gasteiger partial charge >= 0.3 is 0 Å². The molecule has 0 unspecified atom stereocenters. The molecule has 3 rings (SSSR count). The third kappa shape index (κ3) is 2.08. The van der Waals surface area contributed by atoms with Crippen LogP contribution in [0.3, 0.4) is 0 Å². The summed E-state index contributed by atoms with van der Waals surface area (Å²) in [6.45, 7) is 0. The highest BCUT2D eigenvalue weighted by Gasteiger charge is 2.11. The Hall–Kier alpha value is -2.27. The van der Waals surface area contributed by atoms with E-state index in [4.69, 9.17) is 5.73 Å². The first kappa shape index (κ1) is 11.8. The van der Waals surface area contributed by atoms with Gasteiger partial charge < -0.3 is 5.73 Å². The average Bonchev–Trinajstić information content (AvgIpc) is 2.81. The van der Waals surface area contributed by atoms with Crippen molar-refractivity contribution in [2.75, 3.05) is 0 Å². The molecule has 3 nitrogen and oxygen atoms in total. The Balaban J connectivity index is 2.17. The van der Waals surface area contributed by atoms with Crippen LogP contribution in [0.1, 0.15) is 10.4 Å². The van der Waals surface area contributed by atoms with Gasteiger partial charge in [-0.3, -0.25) is 4.79 Å². The van der Waals surface area contributed by atoms with Gasteiger partial charge in [-0.1, -0.05) is 12.1 Å². The number of amides is 1. The average molecular weight is 272 g/mol. The lowest BCUT2D eigenvalue weighted by molar-refractivity contribution is 0.100. The summed E-state index contributed by atoms with van der Waals surface area (Å²) >= 11 is 1.34. The number of hydrogen-bond acceptors (Lipinski definition) is 3. The summed E-state index contributed by atoms with van der Waals surface area (Å²) < 4.78 is 14.5. The highest BCUT2D eigenvalue weighted by molar-refractivity contribution is 7.21. The van der Waals surface area contributed by atoms with Gasteiger partial charge in [-0.15, -0.1) is 11.3 Å². The number of primary amides is 1. The molecule has 2 aromatic carbocycles. The van der Waals surface area contributed by atoms with Crippen LogP contribution >= 0.6 is 11.3 Å². The van der Waals surface area contributed by atoms with E-state index in [1.165, 1.54) is 17.4 Å². The molecule has 0 aliphatic carbocycles. The normalized spacial score (nSPS) is 10.8. The van der Waals surface area contributed by atoms with Crippen molar-refractivity contribution in [3.05, 3.63) is 53.8 Å². The number of thiazole rings is 1. The fraction of sp³-hybridized carbons (Fsp3) is 0. The molecule has 0 saturated heterocycles. The lowest BCUT2D eigenvalue weighted by atomic mass is 10.2. The molecular weight excluding hydrogens is 263 g/mol. The first-order chi connectivity index (χ1) is 9.15. The number of carbonyl (C=O) groups excluding carboxylic acids is 1. The van der Waals surface area contributed by atoms with Crippen LogP contribution in [0.25, 0.3) is 20.8 Å². The van der Waals surface area contributed by atoms with Gasteiger partial charge in [0.25, 0.3) is 0 Å². The van der Waals surface area contributed by atoms with E-state index < -0.39 is 5.91 Å². The van der Waals surface area contributed by atoms with E-state index in [9.17, 15) is 9.18 Å². The summed E-state index contributed by atoms with van der Waals surface area (Å²) in [6.07, 6.45) is 0. The molecule has 0 aliphatic heterocycles. The van der Waals surface area contributed by atoms with E-state index in [1.807, 2.05) is 0 Å². The summed E-state index contributed by atoms with van der Waals surface area (Å²) in [5, 5.41) is 0.592. The number of hydrogen-bond donors (Lipinski definition) is 1. The third-order valence-electron chi connectivity index (χ3n) is 2.78. The Kier molecular flexibility index (Phi) is 2.76. The fourth-order valence-electron chi connectivity index (χ4n) is 1.83. The molecule has 0 radical (unpaired) electrons. The van der Waals surface area contributed by atoms with Crippen molar-refractivity contribution in [3.63, 3.8) is 0 Å². The monoisotopic (exact) mass is 272 g/mol. The maximum absolute atomic E-state index is 13.7. The summed E-state index contributed by atoms with van der Waals surface area (Å²) in [5.41, 5.74) is 6.85. The van der Waals surface area contributed by atoms with Gasteiger partial charge in [0.15, 0.2) is 0 Å². The number of carbonyl (C=O) groups is 1. The van der Waals surface area contributed by atoms with Crippen molar-refractivity contribution in [2.45, 2.75) is 0 Å². The van der Waals surface area contributed by atoms with Crippen LogP contribution in [0.2, 0.25) is 0 Å². The second-order valence-corrected chi connectivity index (χ2v) is 5.08. The lowest BCUT2D eigenvalue weighted by Crippen LogP contribution is -2.10. The summed E-state index contributed by atoms with van der Waals surface area (Å²) in [5.74, 6) is -0.792. The highest BCUT2D eigenvalue weighted by atomic mass is 32.1. The molecule has 0 bridgehead atoms. The number of aromatic nitrogens is 1. The molecule has 2 N–H and O–H groups in total. The second-order valence-electron chi connectivity index (χ2n) is 4.05. The first-order valence-corrected chi connectivity index (χ1v) is 6.42. The molecule has 0 atom stereocenters. The van der Waals surface area contributed by atoms with Crippen molar-refractivity contribution in [3.8, 4) is 10.6 Å². The number of fused-ring (bicyclic) bond motifs is 1. The largest absolute Gasteiger partial charge is 0.366 e. The second kappa shape index (κ2) is 4.44. The smallest absolute Gasteiger partial charge is 0.248 e. The highest BCUT2D eigenvalue weighted by Crippen LogP contribution is 2.31. The standard InChI is InChI=1S/C14H9FN2OS/c15-10-4-2-1-3-9(10)14-17-11-6-5-8(13(16)18)7-12(11)19-14/h1-7H,(H2,16,18). The van der Waals surface area contributed by atoms with Crippen LogP contribution in [-0.2, 0) is 0 Å². The number of nitrogens with two attached hydrogens (primary N) is 1. The van der Waals surface area contributed by atoms with Crippen molar-refractivity contribution < 1.29 is 9.18 Å². The Morgan fingerprint density at radius 1 is 1.21 bits per heavy atom.